The minimum atomic E-state index is -2.73. The number of aliphatic carboxylic acids is 4. The van der Waals surface area contributed by atoms with Crippen LogP contribution in [0.5, 0.6) is 5.75 Å². The number of nitrogens with two attached hydrogens (primary N) is 1. The number of nitrogens with one attached hydrogen (secondary N) is 13. The summed E-state index contributed by atoms with van der Waals surface area (Å²) in [6.45, 7) is 1.45. The Morgan fingerprint density at radius 2 is 1.08 bits per heavy atom. The molecule has 0 saturated carbocycles. The van der Waals surface area contributed by atoms with E-state index in [1.807, 2.05) is 28.2 Å². The molecule has 22 N–H and O–H groups in total. The number of aliphatic hydroxyl groups excluding tert-OH is 2. The molecule has 2 aliphatic rings. The van der Waals surface area contributed by atoms with Crippen LogP contribution in [-0.2, 0) is 104 Å². The number of aromatic amines is 2. The van der Waals surface area contributed by atoms with Gasteiger partial charge in [-0.3, -0.25) is 76.7 Å². The molecule has 12 amide bonds. The molecule has 0 spiro atoms. The topological polar surface area (TPSA) is 643 Å². The van der Waals surface area contributed by atoms with Crippen LogP contribution in [0.1, 0.15) is 82.0 Å². The van der Waals surface area contributed by atoms with Gasteiger partial charge in [0, 0.05) is 47.0 Å². The molecule has 0 aliphatic carbocycles. The van der Waals surface area contributed by atoms with Gasteiger partial charge < -0.3 is 119 Å². The van der Waals surface area contributed by atoms with Crippen LogP contribution in [-0.4, -0.2) is 238 Å². The third-order valence-corrected chi connectivity index (χ3v) is 17.1. The molecule has 2 saturated heterocycles. The van der Waals surface area contributed by atoms with Gasteiger partial charge in [0.15, 0.2) is 12.2 Å². The van der Waals surface area contributed by atoms with Crippen molar-refractivity contribution in [1.82, 2.24) is 68.5 Å². The number of benzene rings is 3. The SMILES string of the molecule is CCCC1OC1C(=O)N[C@@H](CO)C(=O)N[C@@H]1C(=O)N[C@H](Cc2c[nH]c3ccccc23)C(=O)N[C@@H](CC(=O)O)C(=O)N[C@@H](CC(=O)O)C(=O)N[C@@H](c2ccc(O)cc2)C(=O)N[C@@H](CC(=O)O)C(=O)NCC(=O)N[C@@H]([C@H](O)C(N)=O)C(=O)N[C@H](C(C)CC(=O)O)C(=O)N[C@@H](Cc2c[nH]c3ccccc23)C(=O)OC1C. The summed E-state index contributed by atoms with van der Waals surface area (Å²) in [6, 6.07) is -5.25. The Morgan fingerprint density at radius 3 is 1.62 bits per heavy atom. The number of primary amides is 1. The Morgan fingerprint density at radius 1 is 0.589 bits per heavy atom. The first-order chi connectivity index (χ1) is 50.7. The van der Waals surface area contributed by atoms with Crippen molar-refractivity contribution in [2.75, 3.05) is 13.2 Å². The number of aromatic nitrogens is 2. The van der Waals surface area contributed by atoms with Crippen LogP contribution in [0.3, 0.4) is 0 Å². The Labute approximate surface area is 605 Å². The fourth-order valence-corrected chi connectivity index (χ4v) is 11.5. The summed E-state index contributed by atoms with van der Waals surface area (Å²) >= 11 is 0. The van der Waals surface area contributed by atoms with E-state index in [0.717, 1.165) is 38.1 Å². The number of para-hydroxylation sites is 2. The lowest BCUT2D eigenvalue weighted by Crippen LogP contribution is -2.63. The number of cyclic esters (lactones) is 1. The number of carbonyl (C=O) groups excluding carboxylic acids is 13. The first-order valence-electron chi connectivity index (χ1n) is 33.2. The van der Waals surface area contributed by atoms with Gasteiger partial charge in [-0.25, -0.2) is 4.79 Å². The highest BCUT2D eigenvalue weighted by atomic mass is 16.6. The monoisotopic (exact) mass is 1500 g/mol. The number of carboxylic acids is 4. The zero-order valence-corrected chi connectivity index (χ0v) is 57.3. The number of amides is 12. The second kappa shape index (κ2) is 37.2. The van der Waals surface area contributed by atoms with Crippen molar-refractivity contribution in [1.29, 1.82) is 0 Å². The summed E-state index contributed by atoms with van der Waals surface area (Å²) in [5.41, 5.74) is 6.48. The minimum Gasteiger partial charge on any atom is -0.508 e. The number of phenolic OH excluding ortho intramolecular Hbond substituents is 1. The van der Waals surface area contributed by atoms with Crippen molar-refractivity contribution < 1.29 is 127 Å². The summed E-state index contributed by atoms with van der Waals surface area (Å²) < 4.78 is 11.3. The first-order valence-corrected chi connectivity index (χ1v) is 33.2. The highest BCUT2D eigenvalue weighted by molar-refractivity contribution is 6.02. The molecule has 0 radical (unpaired) electrons. The molecule has 2 fully saturated rings. The van der Waals surface area contributed by atoms with Crippen LogP contribution in [0.4, 0.5) is 0 Å². The molecule has 15 atom stereocenters. The highest BCUT2D eigenvalue weighted by Gasteiger charge is 2.46. The first kappa shape index (κ1) is 81.7. The molecular formula is C67H80N14O26. The Balaban J connectivity index is 1.38. The molecule has 0 bridgehead atoms. The number of hydrogen-bond donors (Lipinski definition) is 21. The number of phenols is 1. The zero-order chi connectivity index (χ0) is 78.7. The maximum atomic E-state index is 15.3. The van der Waals surface area contributed by atoms with Gasteiger partial charge in [-0.05, 0) is 60.2 Å². The summed E-state index contributed by atoms with van der Waals surface area (Å²) in [5, 5.41) is 96.5. The van der Waals surface area contributed by atoms with Crippen LogP contribution >= 0.6 is 0 Å². The molecule has 2 aliphatic heterocycles. The van der Waals surface area contributed by atoms with Crippen LogP contribution in [0.15, 0.2) is 85.2 Å². The maximum absolute atomic E-state index is 15.3. The van der Waals surface area contributed by atoms with Crippen molar-refractivity contribution in [3.05, 3.63) is 102 Å². The fraction of sp³-hybridized carbons (Fsp3) is 0.418. The van der Waals surface area contributed by atoms with Gasteiger partial charge in [-0.2, -0.15) is 0 Å². The average Bonchev–Trinajstić information content (AvgIpc) is 1.78. The van der Waals surface area contributed by atoms with Gasteiger partial charge in [0.1, 0.15) is 72.3 Å². The molecule has 3 aromatic carbocycles. The number of esters is 1. The Hall–Kier alpha value is -12.6. The van der Waals surface area contributed by atoms with Crippen LogP contribution < -0.4 is 64.2 Å². The van der Waals surface area contributed by atoms with Crippen LogP contribution in [0.25, 0.3) is 21.8 Å². The van der Waals surface area contributed by atoms with Crippen molar-refractivity contribution in [2.24, 2.45) is 11.7 Å². The molecule has 2 aromatic heterocycles. The number of aliphatic hydroxyl groups is 2. The number of fused-ring (bicyclic) bond motifs is 2. The number of H-pyrrole nitrogens is 2. The van der Waals surface area contributed by atoms with Gasteiger partial charge >= 0.3 is 29.8 Å². The third kappa shape index (κ3) is 22.7. The molecule has 7 rings (SSSR count). The number of hydrogen-bond acceptors (Lipinski definition) is 22. The van der Waals surface area contributed by atoms with Crippen LogP contribution in [0.2, 0.25) is 0 Å². The largest absolute Gasteiger partial charge is 0.508 e. The predicted molar refractivity (Wildman–Crippen MR) is 363 cm³/mol. The summed E-state index contributed by atoms with van der Waals surface area (Å²) in [7, 11) is 0. The molecule has 4 unspecified atom stereocenters. The Bertz CT molecular complexity index is 4220. The highest BCUT2D eigenvalue weighted by Crippen LogP contribution is 2.28. The van der Waals surface area contributed by atoms with Gasteiger partial charge in [0.05, 0.1) is 44.9 Å². The van der Waals surface area contributed by atoms with Crippen molar-refractivity contribution in [3.8, 4) is 5.75 Å². The van der Waals surface area contributed by atoms with Gasteiger partial charge in [-0.15, -0.1) is 0 Å². The number of epoxide rings is 1. The number of carbonyl (C=O) groups is 17. The fourth-order valence-electron chi connectivity index (χ4n) is 11.5. The zero-order valence-electron chi connectivity index (χ0n) is 57.3. The lowest BCUT2D eigenvalue weighted by Gasteiger charge is -2.31. The Kier molecular flexibility index (Phi) is 28.4. The third-order valence-electron chi connectivity index (χ3n) is 17.1. The van der Waals surface area contributed by atoms with E-state index in [2.05, 4.69) is 47.2 Å². The van der Waals surface area contributed by atoms with E-state index in [4.69, 9.17) is 15.2 Å². The van der Waals surface area contributed by atoms with E-state index in [-0.39, 0.29) is 16.7 Å². The van der Waals surface area contributed by atoms with Crippen molar-refractivity contribution in [3.63, 3.8) is 0 Å². The minimum absolute atomic E-state index is 0.229. The van der Waals surface area contributed by atoms with E-state index in [1.54, 1.807) is 48.5 Å². The van der Waals surface area contributed by atoms with E-state index >= 15 is 14.4 Å². The van der Waals surface area contributed by atoms with Gasteiger partial charge in [0.25, 0.3) is 5.91 Å². The number of ether oxygens (including phenoxy) is 2. The van der Waals surface area contributed by atoms with Gasteiger partial charge in [-0.1, -0.05) is 68.8 Å². The van der Waals surface area contributed by atoms with E-state index < -0.39 is 249 Å². The van der Waals surface area contributed by atoms with E-state index in [1.165, 1.54) is 12.4 Å². The number of rotatable bonds is 23. The molecule has 40 heteroatoms. The van der Waals surface area contributed by atoms with E-state index in [9.17, 15) is 103 Å². The quantitative estimate of drug-likeness (QED) is 0.0214. The lowest BCUT2D eigenvalue weighted by molar-refractivity contribution is -0.156. The number of carboxylic acid groups (broad SMARTS) is 4. The summed E-state index contributed by atoms with van der Waals surface area (Å²) in [6.07, 6.45) is -8.84. The number of aromatic hydroxyl groups is 1. The molecule has 5 aromatic rings. The normalized spacial score (nSPS) is 24.4. The lowest BCUT2D eigenvalue weighted by atomic mass is 9.95. The van der Waals surface area contributed by atoms with Crippen LogP contribution in [0, 0.1) is 5.92 Å². The average molecular weight is 1500 g/mol. The van der Waals surface area contributed by atoms with Crippen molar-refractivity contribution >= 4 is 123 Å². The maximum Gasteiger partial charge on any atom is 0.329 e. The molecule has 4 heterocycles. The second-order valence-electron chi connectivity index (χ2n) is 25.2. The molecule has 574 valence electrons. The predicted octanol–water partition coefficient (Wildman–Crippen LogP) is -5.64. The van der Waals surface area contributed by atoms with Crippen molar-refractivity contribution in [2.45, 2.75) is 157 Å². The summed E-state index contributed by atoms with van der Waals surface area (Å²) in [5.74, 6) is -28.2. The van der Waals surface area contributed by atoms with E-state index in [0.29, 0.717) is 34.6 Å². The summed E-state index contributed by atoms with van der Waals surface area (Å²) in [4.78, 5) is 242. The smallest absolute Gasteiger partial charge is 0.329 e. The molecular weight excluding hydrogens is 1420 g/mol. The second-order valence-corrected chi connectivity index (χ2v) is 25.2. The molecule has 40 nitrogen and oxygen atoms in total. The molecule has 107 heavy (non-hydrogen) atoms. The standard InChI is InChI=1S/C67H80N14O26/c1-4-9-44-55(107-44)66(104)77-43(27-82)61(99)80-51-29(3)106-67(105)42(20-32-25-70-37-13-8-6-11-35(32)37)76-62(100)50(28(2)18-46(85)86)79-65(103)53(54(93)56(68)94)78-45(84)26-71-57(95)39(21-47(87)88)75-64(102)52(30-14-16-33(83)17-15-30)81-60(98)41(23-49(91)92)73-59(97)40(22-48(89)90)72-58(96)38(74-63(51)101)19-31-24-69-36-12-7-5-10-34(31)36/h5-8,10-17,24-25,28-29,38-44,50-55,69-70,82-83,93H,4,9,18-23,26-27H2,1-3H3,(H2,68,94)(H,71,95)(H,72,96)(H,73,97)(H,74,101)(H,75,102)(H,76,100)(H,77,104)(H,78,84)(H,79,103)(H,80,99)(H,81,98)(H,85,86)(H,87,88)(H,89,90)(H,91,92)/t28?,29?,38-,39+,40+,41+,42+,43+,44?,50-,51+,52+,53+,54+,55?/m1/s1. The van der Waals surface area contributed by atoms with Gasteiger partial charge in [0.2, 0.25) is 65.0 Å².